The van der Waals surface area contributed by atoms with Gasteiger partial charge >= 0.3 is 5.97 Å². The maximum Gasteiger partial charge on any atom is 0.325 e. The van der Waals surface area contributed by atoms with Crippen LogP contribution in [0.15, 0.2) is 66.7 Å². The zero-order valence-corrected chi connectivity index (χ0v) is 17.5. The van der Waals surface area contributed by atoms with Crippen LogP contribution in [0.2, 0.25) is 0 Å². The van der Waals surface area contributed by atoms with E-state index in [4.69, 9.17) is 5.26 Å². The molecule has 1 aromatic heterocycles. The fourth-order valence-corrected chi connectivity index (χ4v) is 3.57. The highest BCUT2D eigenvalue weighted by Crippen LogP contribution is 2.35. The summed E-state index contributed by atoms with van der Waals surface area (Å²) in [4.78, 5) is 16.0. The molecule has 160 valence electrons. The molecule has 4 aromatic rings. The molecular formula is C26H17FN4O2. The number of fused-ring (bicyclic) bond motifs is 1. The Bertz CT molecular complexity index is 1470. The molecule has 0 aliphatic rings. The Morgan fingerprint density at radius 3 is 2.39 bits per heavy atom. The summed E-state index contributed by atoms with van der Waals surface area (Å²) >= 11 is 0. The minimum absolute atomic E-state index is 0.125. The van der Waals surface area contributed by atoms with Crippen molar-refractivity contribution in [2.75, 3.05) is 5.32 Å². The summed E-state index contributed by atoms with van der Waals surface area (Å²) in [5.41, 5.74) is 4.08. The third-order valence-corrected chi connectivity index (χ3v) is 5.27. The molecule has 4 rings (SSSR count). The van der Waals surface area contributed by atoms with Gasteiger partial charge in [0, 0.05) is 10.9 Å². The number of pyridine rings is 1. The summed E-state index contributed by atoms with van der Waals surface area (Å²) < 4.78 is 14.0. The number of carboxylic acids is 1. The van der Waals surface area contributed by atoms with Crippen LogP contribution in [-0.2, 0) is 4.79 Å². The third-order valence-electron chi connectivity index (χ3n) is 5.27. The van der Waals surface area contributed by atoms with Crippen LogP contribution in [0.4, 0.5) is 10.1 Å². The van der Waals surface area contributed by atoms with E-state index in [9.17, 15) is 19.6 Å². The average Bonchev–Trinajstić information content (AvgIpc) is 2.84. The summed E-state index contributed by atoms with van der Waals surface area (Å²) in [6.07, 6.45) is 0. The lowest BCUT2D eigenvalue weighted by molar-refractivity contribution is -0.137. The first kappa shape index (κ1) is 21.5. The summed E-state index contributed by atoms with van der Waals surface area (Å²) in [6, 6.07) is 21.7. The van der Waals surface area contributed by atoms with Gasteiger partial charge in [-0.05, 0) is 48.4 Å². The highest BCUT2D eigenvalue weighted by molar-refractivity contribution is 5.99. The number of hydrogen-bond acceptors (Lipinski definition) is 5. The number of nitriles is 2. The third kappa shape index (κ3) is 4.21. The Kier molecular flexibility index (Phi) is 5.71. The molecule has 0 amide bonds. The minimum Gasteiger partial charge on any atom is -0.480 e. The number of aliphatic carboxylic acids is 1. The van der Waals surface area contributed by atoms with Crippen LogP contribution in [-0.4, -0.2) is 22.1 Å². The highest BCUT2D eigenvalue weighted by atomic mass is 19.1. The lowest BCUT2D eigenvalue weighted by atomic mass is 9.98. The molecule has 0 radical (unpaired) electrons. The standard InChI is InChI=1S/C26H17FN4O2/c1-15(26(32)33)30-25-21-12-20(27)9-10-23(21)31-24(22(25)14-29)18-7-5-17(6-8-18)19-4-2-3-16(11-19)13-28/h2-12,15H,1H3,(H,30,31)(H,32,33). The molecule has 6 nitrogen and oxygen atoms in total. The van der Waals surface area contributed by atoms with Gasteiger partial charge in [-0.1, -0.05) is 36.4 Å². The van der Waals surface area contributed by atoms with Crippen LogP contribution >= 0.6 is 0 Å². The van der Waals surface area contributed by atoms with Crippen LogP contribution in [0.3, 0.4) is 0 Å². The Labute approximate surface area is 189 Å². The summed E-state index contributed by atoms with van der Waals surface area (Å²) in [7, 11) is 0. The summed E-state index contributed by atoms with van der Waals surface area (Å²) in [5, 5.41) is 31.6. The number of anilines is 1. The van der Waals surface area contributed by atoms with Crippen molar-refractivity contribution in [1.29, 1.82) is 10.5 Å². The van der Waals surface area contributed by atoms with Crippen molar-refractivity contribution in [2.45, 2.75) is 13.0 Å². The molecule has 3 aromatic carbocycles. The van der Waals surface area contributed by atoms with Gasteiger partial charge in [0.25, 0.3) is 0 Å². The number of nitrogens with one attached hydrogen (secondary N) is 1. The van der Waals surface area contributed by atoms with Crippen molar-refractivity contribution in [3.8, 4) is 34.5 Å². The number of hydrogen-bond donors (Lipinski definition) is 2. The normalized spacial score (nSPS) is 11.4. The number of aromatic nitrogens is 1. The van der Waals surface area contributed by atoms with Crippen LogP contribution < -0.4 is 5.32 Å². The van der Waals surface area contributed by atoms with Gasteiger partial charge in [-0.2, -0.15) is 10.5 Å². The second kappa shape index (κ2) is 8.78. The Morgan fingerprint density at radius 1 is 1.00 bits per heavy atom. The van der Waals surface area contributed by atoms with Gasteiger partial charge < -0.3 is 10.4 Å². The molecular weight excluding hydrogens is 419 g/mol. The molecule has 1 atom stereocenters. The molecule has 1 unspecified atom stereocenters. The van der Waals surface area contributed by atoms with Crippen molar-refractivity contribution in [3.63, 3.8) is 0 Å². The van der Waals surface area contributed by atoms with Crippen molar-refractivity contribution in [2.24, 2.45) is 0 Å². The molecule has 1 heterocycles. The maximum absolute atomic E-state index is 14.0. The van der Waals surface area contributed by atoms with Crippen molar-refractivity contribution in [3.05, 3.63) is 83.7 Å². The second-order valence-corrected chi connectivity index (χ2v) is 7.46. The van der Waals surface area contributed by atoms with E-state index >= 15 is 0 Å². The van der Waals surface area contributed by atoms with Gasteiger partial charge in [0.15, 0.2) is 0 Å². The molecule has 0 aliphatic heterocycles. The lowest BCUT2D eigenvalue weighted by Crippen LogP contribution is -2.26. The quantitative estimate of drug-likeness (QED) is 0.437. The van der Waals surface area contributed by atoms with E-state index in [1.54, 1.807) is 30.3 Å². The van der Waals surface area contributed by atoms with Crippen LogP contribution in [0.1, 0.15) is 18.1 Å². The van der Waals surface area contributed by atoms with E-state index < -0.39 is 17.8 Å². The molecule has 0 saturated heterocycles. The number of carbonyl (C=O) groups is 1. The van der Waals surface area contributed by atoms with Crippen LogP contribution in [0, 0.1) is 28.5 Å². The second-order valence-electron chi connectivity index (χ2n) is 7.46. The van der Waals surface area contributed by atoms with Gasteiger partial charge in [0.1, 0.15) is 23.5 Å². The number of carboxylic acid groups (broad SMARTS) is 1. The van der Waals surface area contributed by atoms with Gasteiger partial charge in [-0.25, -0.2) is 9.37 Å². The van der Waals surface area contributed by atoms with Crippen LogP contribution in [0.5, 0.6) is 0 Å². The highest BCUT2D eigenvalue weighted by Gasteiger charge is 2.20. The number of nitrogens with zero attached hydrogens (tertiary/aromatic N) is 3. The zero-order valence-electron chi connectivity index (χ0n) is 17.5. The first-order chi connectivity index (χ1) is 15.9. The number of rotatable bonds is 5. The Morgan fingerprint density at radius 2 is 1.73 bits per heavy atom. The van der Waals surface area contributed by atoms with Crippen LogP contribution in [0.25, 0.3) is 33.3 Å². The van der Waals surface area contributed by atoms with E-state index in [1.807, 2.05) is 18.2 Å². The number of benzene rings is 3. The van der Waals surface area contributed by atoms with E-state index in [0.29, 0.717) is 27.7 Å². The SMILES string of the molecule is CC(Nc1c(C#N)c(-c2ccc(-c3cccc(C#N)c3)cc2)nc2ccc(F)cc12)C(=O)O. The average molecular weight is 436 g/mol. The van der Waals surface area contributed by atoms with Gasteiger partial charge in [0.05, 0.1) is 28.5 Å². The first-order valence-corrected chi connectivity index (χ1v) is 10.0. The van der Waals surface area contributed by atoms with E-state index in [2.05, 4.69) is 22.4 Å². The Hall–Kier alpha value is -4.75. The molecule has 0 saturated carbocycles. The van der Waals surface area contributed by atoms with E-state index in [1.165, 1.54) is 25.1 Å². The molecule has 0 spiro atoms. The molecule has 0 aliphatic carbocycles. The van der Waals surface area contributed by atoms with Gasteiger partial charge in [-0.15, -0.1) is 0 Å². The summed E-state index contributed by atoms with van der Waals surface area (Å²) in [5.74, 6) is -1.62. The van der Waals surface area contributed by atoms with E-state index in [0.717, 1.165) is 11.1 Å². The zero-order chi connectivity index (χ0) is 23.5. The topological polar surface area (TPSA) is 110 Å². The summed E-state index contributed by atoms with van der Waals surface area (Å²) in [6.45, 7) is 1.44. The van der Waals surface area contributed by atoms with Crippen molar-refractivity contribution >= 4 is 22.6 Å². The maximum atomic E-state index is 14.0. The predicted molar refractivity (Wildman–Crippen MR) is 123 cm³/mol. The number of halogens is 1. The largest absolute Gasteiger partial charge is 0.480 e. The van der Waals surface area contributed by atoms with Gasteiger partial charge in [0.2, 0.25) is 0 Å². The molecule has 33 heavy (non-hydrogen) atoms. The smallest absolute Gasteiger partial charge is 0.325 e. The fourth-order valence-electron chi connectivity index (χ4n) is 3.57. The molecule has 0 bridgehead atoms. The molecule has 0 fully saturated rings. The predicted octanol–water partition coefficient (Wildman–Crippen LogP) is 5.34. The molecule has 7 heteroatoms. The fraction of sp³-hybridized carbons (Fsp3) is 0.0769. The lowest BCUT2D eigenvalue weighted by Gasteiger charge is -2.17. The van der Waals surface area contributed by atoms with Crippen molar-refractivity contribution < 1.29 is 14.3 Å². The Balaban J connectivity index is 1.87. The minimum atomic E-state index is -1.11. The van der Waals surface area contributed by atoms with Gasteiger partial charge in [-0.3, -0.25) is 4.79 Å². The monoisotopic (exact) mass is 436 g/mol. The van der Waals surface area contributed by atoms with E-state index in [-0.39, 0.29) is 11.3 Å². The van der Waals surface area contributed by atoms with Crippen molar-refractivity contribution in [1.82, 2.24) is 4.98 Å². The first-order valence-electron chi connectivity index (χ1n) is 10.0. The molecule has 2 N–H and O–H groups in total.